The van der Waals surface area contributed by atoms with Crippen LogP contribution < -0.4 is 5.32 Å². The van der Waals surface area contributed by atoms with Crippen LogP contribution in [0.15, 0.2) is 0 Å². The molecule has 1 saturated heterocycles. The van der Waals surface area contributed by atoms with Crippen molar-refractivity contribution in [3.8, 4) is 0 Å². The van der Waals surface area contributed by atoms with Crippen molar-refractivity contribution >= 4 is 0 Å². The Hall–Kier alpha value is -0.120. The van der Waals surface area contributed by atoms with Crippen LogP contribution in [0, 0.1) is 5.41 Å². The van der Waals surface area contributed by atoms with E-state index < -0.39 is 0 Å². The lowest BCUT2D eigenvalue weighted by atomic mass is 9.81. The number of hydrogen-bond acceptors (Lipinski definition) is 3. The van der Waals surface area contributed by atoms with E-state index in [0.29, 0.717) is 5.41 Å². The highest BCUT2D eigenvalue weighted by Gasteiger charge is 2.34. The Kier molecular flexibility index (Phi) is 5.42. The quantitative estimate of drug-likeness (QED) is 0.799. The molecule has 0 aromatic rings. The van der Waals surface area contributed by atoms with Crippen LogP contribution in [0.2, 0.25) is 0 Å². The van der Waals surface area contributed by atoms with E-state index >= 15 is 0 Å². The van der Waals surface area contributed by atoms with Gasteiger partial charge in [-0.1, -0.05) is 6.92 Å². The zero-order valence-corrected chi connectivity index (χ0v) is 12.3. The summed E-state index contributed by atoms with van der Waals surface area (Å²) < 4.78 is 5.73. The van der Waals surface area contributed by atoms with Gasteiger partial charge in [-0.3, -0.25) is 0 Å². The molecule has 0 aromatic heterocycles. The molecule has 1 aliphatic heterocycles. The monoisotopic (exact) mass is 242 g/mol. The Morgan fingerprint density at radius 2 is 2.06 bits per heavy atom. The van der Waals surface area contributed by atoms with Crippen molar-refractivity contribution in [2.24, 2.45) is 5.41 Å². The first kappa shape index (κ1) is 14.9. The minimum absolute atomic E-state index is 0.190. The molecule has 3 nitrogen and oxygen atoms in total. The molecule has 0 aromatic carbocycles. The maximum atomic E-state index is 5.73. The molecule has 1 rings (SSSR count). The van der Waals surface area contributed by atoms with Crippen LogP contribution in [-0.2, 0) is 4.74 Å². The molecule has 1 atom stereocenters. The molecule has 1 unspecified atom stereocenters. The van der Waals surface area contributed by atoms with Gasteiger partial charge in [0.1, 0.15) is 0 Å². The second-order valence-corrected chi connectivity index (χ2v) is 6.59. The first-order valence-electron chi connectivity index (χ1n) is 6.88. The highest BCUT2D eigenvalue weighted by Crippen LogP contribution is 2.29. The van der Waals surface area contributed by atoms with Gasteiger partial charge in [0.05, 0.1) is 6.61 Å². The fourth-order valence-electron chi connectivity index (χ4n) is 2.37. The summed E-state index contributed by atoms with van der Waals surface area (Å²) >= 11 is 0. The molecular formula is C14H30N2O. The molecule has 1 fully saturated rings. The molecular weight excluding hydrogens is 212 g/mol. The molecule has 0 radical (unpaired) electrons. The third-order valence-corrected chi connectivity index (χ3v) is 3.54. The van der Waals surface area contributed by atoms with Crippen LogP contribution in [0.4, 0.5) is 0 Å². The van der Waals surface area contributed by atoms with Crippen molar-refractivity contribution in [3.63, 3.8) is 0 Å². The average Bonchev–Trinajstić information content (AvgIpc) is 2.27. The smallest absolute Gasteiger partial charge is 0.0546 e. The van der Waals surface area contributed by atoms with Gasteiger partial charge in [0, 0.05) is 30.7 Å². The topological polar surface area (TPSA) is 24.5 Å². The van der Waals surface area contributed by atoms with Crippen molar-refractivity contribution in [3.05, 3.63) is 0 Å². The molecule has 0 bridgehead atoms. The summed E-state index contributed by atoms with van der Waals surface area (Å²) in [6.07, 6.45) is 2.48. The fraction of sp³-hybridized carbons (Fsp3) is 1.00. The molecule has 0 amide bonds. The van der Waals surface area contributed by atoms with Crippen molar-refractivity contribution in [1.82, 2.24) is 10.2 Å². The van der Waals surface area contributed by atoms with E-state index in [4.69, 9.17) is 4.74 Å². The highest BCUT2D eigenvalue weighted by molar-refractivity contribution is 4.88. The van der Waals surface area contributed by atoms with Gasteiger partial charge in [-0.2, -0.15) is 0 Å². The summed E-state index contributed by atoms with van der Waals surface area (Å²) in [6.45, 7) is 14.0. The predicted octanol–water partition coefficient (Wildman–Crippen LogP) is 2.12. The van der Waals surface area contributed by atoms with Crippen molar-refractivity contribution in [1.29, 1.82) is 0 Å². The van der Waals surface area contributed by atoms with Crippen molar-refractivity contribution in [2.45, 2.75) is 46.1 Å². The molecule has 0 saturated carbocycles. The second kappa shape index (κ2) is 6.17. The first-order chi connectivity index (χ1) is 7.87. The minimum Gasteiger partial charge on any atom is -0.381 e. The van der Waals surface area contributed by atoms with Gasteiger partial charge in [0.15, 0.2) is 0 Å². The van der Waals surface area contributed by atoms with Gasteiger partial charge in [-0.15, -0.1) is 0 Å². The molecule has 102 valence electrons. The zero-order chi connectivity index (χ0) is 12.9. The van der Waals surface area contributed by atoms with Gasteiger partial charge < -0.3 is 15.0 Å². The zero-order valence-electron chi connectivity index (χ0n) is 12.3. The van der Waals surface area contributed by atoms with Gasteiger partial charge in [0.25, 0.3) is 0 Å². The first-order valence-corrected chi connectivity index (χ1v) is 6.88. The van der Waals surface area contributed by atoms with Gasteiger partial charge >= 0.3 is 0 Å². The standard InChI is InChI=1S/C14H30N2O/c1-6-16(5)11-14(8-7-9-17-12-14)10-15-13(2,3)4/h15H,6-12H2,1-5H3. The summed E-state index contributed by atoms with van der Waals surface area (Å²) in [5.74, 6) is 0. The lowest BCUT2D eigenvalue weighted by molar-refractivity contribution is -0.0246. The average molecular weight is 242 g/mol. The maximum absolute atomic E-state index is 5.73. The van der Waals surface area contributed by atoms with E-state index in [0.717, 1.165) is 32.8 Å². The second-order valence-electron chi connectivity index (χ2n) is 6.59. The third-order valence-electron chi connectivity index (χ3n) is 3.54. The Bertz CT molecular complexity index is 217. The van der Waals surface area contributed by atoms with Crippen molar-refractivity contribution < 1.29 is 4.74 Å². The van der Waals surface area contributed by atoms with Crippen LogP contribution in [0.1, 0.15) is 40.5 Å². The van der Waals surface area contributed by atoms with E-state index in [2.05, 4.69) is 45.0 Å². The van der Waals surface area contributed by atoms with Crippen LogP contribution in [-0.4, -0.2) is 50.3 Å². The number of nitrogens with zero attached hydrogens (tertiary/aromatic N) is 1. The number of rotatable bonds is 5. The van der Waals surface area contributed by atoms with E-state index in [-0.39, 0.29) is 5.54 Å². The molecule has 1 heterocycles. The van der Waals surface area contributed by atoms with Gasteiger partial charge in [-0.05, 0) is 47.2 Å². The Morgan fingerprint density at radius 1 is 1.35 bits per heavy atom. The molecule has 17 heavy (non-hydrogen) atoms. The lowest BCUT2D eigenvalue weighted by Crippen LogP contribution is -2.51. The van der Waals surface area contributed by atoms with E-state index in [9.17, 15) is 0 Å². The van der Waals surface area contributed by atoms with E-state index in [1.807, 2.05) is 0 Å². The van der Waals surface area contributed by atoms with Crippen LogP contribution >= 0.6 is 0 Å². The summed E-state index contributed by atoms with van der Waals surface area (Å²) in [7, 11) is 2.20. The predicted molar refractivity (Wildman–Crippen MR) is 73.4 cm³/mol. The maximum Gasteiger partial charge on any atom is 0.0546 e. The van der Waals surface area contributed by atoms with Crippen LogP contribution in [0.3, 0.4) is 0 Å². The molecule has 1 N–H and O–H groups in total. The Labute approximate surface area is 107 Å². The summed E-state index contributed by atoms with van der Waals surface area (Å²) in [6, 6.07) is 0. The van der Waals surface area contributed by atoms with Gasteiger partial charge in [-0.25, -0.2) is 0 Å². The Balaban J connectivity index is 2.58. The Morgan fingerprint density at radius 3 is 2.53 bits per heavy atom. The SMILES string of the molecule is CCN(C)CC1(CNC(C)(C)C)CCCOC1. The largest absolute Gasteiger partial charge is 0.381 e. The van der Waals surface area contributed by atoms with Crippen molar-refractivity contribution in [2.75, 3.05) is 39.9 Å². The summed E-state index contributed by atoms with van der Waals surface area (Å²) in [5.41, 5.74) is 0.492. The minimum atomic E-state index is 0.190. The number of hydrogen-bond donors (Lipinski definition) is 1. The fourth-order valence-corrected chi connectivity index (χ4v) is 2.37. The summed E-state index contributed by atoms with van der Waals surface area (Å²) in [5, 5.41) is 3.66. The van der Waals surface area contributed by atoms with E-state index in [1.165, 1.54) is 12.8 Å². The number of nitrogens with one attached hydrogen (secondary N) is 1. The van der Waals surface area contributed by atoms with Gasteiger partial charge in [0.2, 0.25) is 0 Å². The highest BCUT2D eigenvalue weighted by atomic mass is 16.5. The van der Waals surface area contributed by atoms with Crippen LogP contribution in [0.25, 0.3) is 0 Å². The molecule has 3 heteroatoms. The number of ether oxygens (including phenoxy) is 1. The normalized spacial score (nSPS) is 26.5. The van der Waals surface area contributed by atoms with Crippen LogP contribution in [0.5, 0.6) is 0 Å². The molecule has 0 spiro atoms. The van der Waals surface area contributed by atoms with E-state index in [1.54, 1.807) is 0 Å². The molecule has 0 aliphatic carbocycles. The third kappa shape index (κ3) is 5.36. The lowest BCUT2D eigenvalue weighted by Gasteiger charge is -2.41. The summed E-state index contributed by atoms with van der Waals surface area (Å²) in [4.78, 5) is 2.40. The molecule has 1 aliphatic rings.